The highest BCUT2D eigenvalue weighted by Gasteiger charge is 2.27. The Bertz CT molecular complexity index is 438. The van der Waals surface area contributed by atoms with Crippen molar-refractivity contribution in [3.63, 3.8) is 0 Å². The quantitative estimate of drug-likeness (QED) is 0.819. The minimum Gasteiger partial charge on any atom is -0.388 e. The summed E-state index contributed by atoms with van der Waals surface area (Å²) in [6.07, 6.45) is 0.0401. The molecule has 5 heteroatoms. The standard InChI is InChI=1S/C16H24N2O3/c1-2-17-16(20)11-18-8-9-21-12-14(18)10-15(19)13-6-4-3-5-7-13/h3-7,14-15,19H,2,8-12H2,1H3,(H,17,20). The molecule has 116 valence electrons. The van der Waals surface area contributed by atoms with Gasteiger partial charge in [0.25, 0.3) is 0 Å². The SMILES string of the molecule is CCNC(=O)CN1CCOCC1CC(O)c1ccccc1. The maximum absolute atomic E-state index is 11.8. The first-order valence-electron chi connectivity index (χ1n) is 7.52. The van der Waals surface area contributed by atoms with E-state index in [1.54, 1.807) is 0 Å². The number of carbonyl (C=O) groups is 1. The third-order valence-electron chi connectivity index (χ3n) is 3.75. The highest BCUT2D eigenvalue weighted by Crippen LogP contribution is 2.22. The molecule has 2 atom stereocenters. The summed E-state index contributed by atoms with van der Waals surface area (Å²) in [6, 6.07) is 9.67. The van der Waals surface area contributed by atoms with E-state index in [1.807, 2.05) is 37.3 Å². The molecule has 0 aliphatic carbocycles. The number of rotatable bonds is 6. The summed E-state index contributed by atoms with van der Waals surface area (Å²) in [7, 11) is 0. The smallest absolute Gasteiger partial charge is 0.234 e. The van der Waals surface area contributed by atoms with Crippen LogP contribution < -0.4 is 5.32 Å². The summed E-state index contributed by atoms with van der Waals surface area (Å²) >= 11 is 0. The third kappa shape index (κ3) is 4.81. The van der Waals surface area contributed by atoms with Gasteiger partial charge in [0.2, 0.25) is 5.91 Å². The molecular formula is C16H24N2O3. The van der Waals surface area contributed by atoms with Gasteiger partial charge in [-0.25, -0.2) is 0 Å². The molecular weight excluding hydrogens is 268 g/mol. The fraction of sp³-hybridized carbons (Fsp3) is 0.562. The Morgan fingerprint density at radius 2 is 2.24 bits per heavy atom. The second kappa shape index (κ2) is 8.12. The van der Waals surface area contributed by atoms with Crippen LogP contribution in [-0.4, -0.2) is 54.8 Å². The lowest BCUT2D eigenvalue weighted by molar-refractivity contribution is -0.125. The van der Waals surface area contributed by atoms with Crippen molar-refractivity contribution in [2.24, 2.45) is 0 Å². The number of carbonyl (C=O) groups excluding carboxylic acids is 1. The lowest BCUT2D eigenvalue weighted by atomic mass is 10.0. The molecule has 0 aromatic heterocycles. The zero-order chi connectivity index (χ0) is 15.1. The molecule has 1 amide bonds. The fourth-order valence-corrected chi connectivity index (χ4v) is 2.62. The number of aliphatic hydroxyl groups is 1. The summed E-state index contributed by atoms with van der Waals surface area (Å²) < 4.78 is 5.51. The first kappa shape index (κ1) is 15.9. The topological polar surface area (TPSA) is 61.8 Å². The van der Waals surface area contributed by atoms with Gasteiger partial charge in [-0.15, -0.1) is 0 Å². The van der Waals surface area contributed by atoms with Gasteiger partial charge in [-0.1, -0.05) is 30.3 Å². The van der Waals surface area contributed by atoms with E-state index in [0.29, 0.717) is 32.7 Å². The molecule has 2 rings (SSSR count). The number of likely N-dealkylation sites (N-methyl/N-ethyl adjacent to an activating group) is 1. The van der Waals surface area contributed by atoms with Crippen LogP contribution in [0.25, 0.3) is 0 Å². The number of amides is 1. The van der Waals surface area contributed by atoms with Gasteiger partial charge in [-0.05, 0) is 18.9 Å². The second-order valence-electron chi connectivity index (χ2n) is 5.31. The van der Waals surface area contributed by atoms with Gasteiger partial charge < -0.3 is 15.2 Å². The van der Waals surface area contributed by atoms with Gasteiger partial charge in [0, 0.05) is 19.1 Å². The van der Waals surface area contributed by atoms with E-state index >= 15 is 0 Å². The van der Waals surface area contributed by atoms with E-state index in [2.05, 4.69) is 10.2 Å². The number of hydrogen-bond acceptors (Lipinski definition) is 4. The molecule has 0 radical (unpaired) electrons. The maximum atomic E-state index is 11.8. The average Bonchev–Trinajstić information content (AvgIpc) is 2.50. The van der Waals surface area contributed by atoms with E-state index in [0.717, 1.165) is 12.1 Å². The van der Waals surface area contributed by atoms with Crippen molar-refractivity contribution in [1.29, 1.82) is 0 Å². The fourth-order valence-electron chi connectivity index (χ4n) is 2.62. The van der Waals surface area contributed by atoms with E-state index < -0.39 is 6.10 Å². The molecule has 1 aliphatic rings. The number of hydrogen-bond donors (Lipinski definition) is 2. The van der Waals surface area contributed by atoms with Crippen molar-refractivity contribution < 1.29 is 14.6 Å². The predicted molar refractivity (Wildman–Crippen MR) is 80.9 cm³/mol. The number of ether oxygens (including phenoxy) is 1. The zero-order valence-corrected chi connectivity index (χ0v) is 12.5. The second-order valence-corrected chi connectivity index (χ2v) is 5.31. The Morgan fingerprint density at radius 1 is 1.48 bits per heavy atom. The Hall–Kier alpha value is -1.43. The van der Waals surface area contributed by atoms with Crippen LogP contribution in [0.1, 0.15) is 25.0 Å². The molecule has 5 nitrogen and oxygen atoms in total. The van der Waals surface area contributed by atoms with Crippen LogP contribution in [0.3, 0.4) is 0 Å². The molecule has 1 aliphatic heterocycles. The summed E-state index contributed by atoms with van der Waals surface area (Å²) in [5.41, 5.74) is 0.904. The summed E-state index contributed by atoms with van der Waals surface area (Å²) in [5.74, 6) is 0.0265. The molecule has 2 N–H and O–H groups in total. The molecule has 0 bridgehead atoms. The molecule has 2 unspecified atom stereocenters. The Balaban J connectivity index is 1.93. The molecule has 1 fully saturated rings. The van der Waals surface area contributed by atoms with Crippen LogP contribution >= 0.6 is 0 Å². The highest BCUT2D eigenvalue weighted by molar-refractivity contribution is 5.77. The van der Waals surface area contributed by atoms with Gasteiger partial charge >= 0.3 is 0 Å². The number of benzene rings is 1. The van der Waals surface area contributed by atoms with Gasteiger partial charge in [-0.2, -0.15) is 0 Å². The molecule has 21 heavy (non-hydrogen) atoms. The Labute approximate surface area is 125 Å². The van der Waals surface area contributed by atoms with Crippen molar-refractivity contribution in [3.05, 3.63) is 35.9 Å². The lowest BCUT2D eigenvalue weighted by Gasteiger charge is -2.36. The van der Waals surface area contributed by atoms with E-state index in [-0.39, 0.29) is 11.9 Å². The highest BCUT2D eigenvalue weighted by atomic mass is 16.5. The zero-order valence-electron chi connectivity index (χ0n) is 12.5. The molecule has 0 spiro atoms. The van der Waals surface area contributed by atoms with Crippen molar-refractivity contribution in [3.8, 4) is 0 Å². The Kier molecular flexibility index (Phi) is 6.17. The van der Waals surface area contributed by atoms with Crippen molar-refractivity contribution in [1.82, 2.24) is 10.2 Å². The average molecular weight is 292 g/mol. The molecule has 1 aromatic rings. The van der Waals surface area contributed by atoms with E-state index in [4.69, 9.17) is 4.74 Å². The van der Waals surface area contributed by atoms with Crippen LogP contribution in [0.15, 0.2) is 30.3 Å². The minimum absolute atomic E-state index is 0.0265. The molecule has 1 saturated heterocycles. The normalized spacial score (nSPS) is 21.0. The van der Waals surface area contributed by atoms with Gasteiger partial charge in [0.05, 0.1) is 25.9 Å². The first-order valence-corrected chi connectivity index (χ1v) is 7.52. The van der Waals surface area contributed by atoms with Gasteiger partial charge in [-0.3, -0.25) is 9.69 Å². The van der Waals surface area contributed by atoms with Crippen molar-refractivity contribution in [2.75, 3.05) is 32.8 Å². The first-order chi connectivity index (χ1) is 10.2. The third-order valence-corrected chi connectivity index (χ3v) is 3.75. The molecule has 0 saturated carbocycles. The molecule has 1 heterocycles. The van der Waals surface area contributed by atoms with Crippen molar-refractivity contribution >= 4 is 5.91 Å². The largest absolute Gasteiger partial charge is 0.388 e. The van der Waals surface area contributed by atoms with E-state index in [9.17, 15) is 9.90 Å². The van der Waals surface area contributed by atoms with Gasteiger partial charge in [0.1, 0.15) is 0 Å². The number of nitrogens with one attached hydrogen (secondary N) is 1. The van der Waals surface area contributed by atoms with Crippen LogP contribution in [-0.2, 0) is 9.53 Å². The van der Waals surface area contributed by atoms with Crippen LogP contribution in [0.5, 0.6) is 0 Å². The number of nitrogens with zero attached hydrogens (tertiary/aromatic N) is 1. The number of aliphatic hydroxyl groups excluding tert-OH is 1. The summed E-state index contributed by atoms with van der Waals surface area (Å²) in [6.45, 7) is 4.83. The van der Waals surface area contributed by atoms with Gasteiger partial charge in [0.15, 0.2) is 0 Å². The van der Waals surface area contributed by atoms with Crippen molar-refractivity contribution in [2.45, 2.75) is 25.5 Å². The van der Waals surface area contributed by atoms with Crippen LogP contribution in [0.4, 0.5) is 0 Å². The molecule has 1 aromatic carbocycles. The predicted octanol–water partition coefficient (Wildman–Crippen LogP) is 0.947. The minimum atomic E-state index is -0.533. The Morgan fingerprint density at radius 3 is 2.95 bits per heavy atom. The lowest BCUT2D eigenvalue weighted by Crippen LogP contribution is -2.50. The monoisotopic (exact) mass is 292 g/mol. The van der Waals surface area contributed by atoms with Crippen LogP contribution in [0, 0.1) is 0 Å². The van der Waals surface area contributed by atoms with Crippen LogP contribution in [0.2, 0.25) is 0 Å². The number of morpholine rings is 1. The van der Waals surface area contributed by atoms with E-state index in [1.165, 1.54) is 0 Å². The maximum Gasteiger partial charge on any atom is 0.234 e. The summed E-state index contributed by atoms with van der Waals surface area (Å²) in [5, 5.41) is 13.2. The summed E-state index contributed by atoms with van der Waals surface area (Å²) in [4.78, 5) is 13.9.